The maximum Gasteiger partial charge on any atom is 0.255 e. The third kappa shape index (κ3) is 4.99. The number of methoxy groups -OCH3 is 2. The highest BCUT2D eigenvalue weighted by molar-refractivity contribution is 5.97. The number of amides is 1. The van der Waals surface area contributed by atoms with Gasteiger partial charge in [-0.2, -0.15) is 0 Å². The molecule has 1 atom stereocenters. The van der Waals surface area contributed by atoms with E-state index in [0.717, 1.165) is 19.6 Å². The summed E-state index contributed by atoms with van der Waals surface area (Å²) in [6.07, 6.45) is -0.0389. The van der Waals surface area contributed by atoms with Crippen LogP contribution in [-0.4, -0.2) is 57.4 Å². The number of benzene rings is 2. The molecule has 144 valence electrons. The van der Waals surface area contributed by atoms with Crippen molar-refractivity contribution in [2.75, 3.05) is 40.5 Å². The Morgan fingerprint density at radius 2 is 1.96 bits per heavy atom. The van der Waals surface area contributed by atoms with Gasteiger partial charge in [0.1, 0.15) is 0 Å². The second-order valence-electron chi connectivity index (χ2n) is 6.46. The number of ether oxygens (including phenoxy) is 3. The quantitative estimate of drug-likeness (QED) is 0.811. The molecule has 0 spiro atoms. The first-order valence-electron chi connectivity index (χ1n) is 9.08. The molecule has 2 aromatic carbocycles. The number of para-hydroxylation sites is 1. The molecule has 0 aliphatic carbocycles. The third-order valence-corrected chi connectivity index (χ3v) is 4.61. The standard InChI is InChI=1S/C21H26N2O4/c1-25-19-10-6-9-18(20(19)26-2)21(24)22-13-17-15-23(11-12-27-17)14-16-7-4-3-5-8-16/h3-10,17H,11-15H2,1-2H3,(H,22,24). The van der Waals surface area contributed by atoms with Crippen molar-refractivity contribution in [3.05, 3.63) is 59.7 Å². The molecule has 1 aliphatic heterocycles. The molecule has 1 saturated heterocycles. The Bertz CT molecular complexity index is 751. The van der Waals surface area contributed by atoms with E-state index < -0.39 is 0 Å². The smallest absolute Gasteiger partial charge is 0.255 e. The summed E-state index contributed by atoms with van der Waals surface area (Å²) in [6.45, 7) is 3.67. The molecule has 1 unspecified atom stereocenters. The van der Waals surface area contributed by atoms with Crippen LogP contribution in [0.15, 0.2) is 48.5 Å². The van der Waals surface area contributed by atoms with Gasteiger partial charge in [0.25, 0.3) is 5.91 Å². The van der Waals surface area contributed by atoms with Gasteiger partial charge in [-0.25, -0.2) is 0 Å². The number of hydrogen-bond acceptors (Lipinski definition) is 5. The van der Waals surface area contributed by atoms with E-state index in [4.69, 9.17) is 14.2 Å². The second kappa shape index (κ2) is 9.39. The monoisotopic (exact) mass is 370 g/mol. The number of carbonyl (C=O) groups excluding carboxylic acids is 1. The Kier molecular flexibility index (Phi) is 6.68. The van der Waals surface area contributed by atoms with Gasteiger partial charge < -0.3 is 19.5 Å². The van der Waals surface area contributed by atoms with E-state index in [-0.39, 0.29) is 12.0 Å². The van der Waals surface area contributed by atoms with Crippen molar-refractivity contribution < 1.29 is 19.0 Å². The van der Waals surface area contributed by atoms with Crippen LogP contribution in [0.25, 0.3) is 0 Å². The van der Waals surface area contributed by atoms with Crippen LogP contribution < -0.4 is 14.8 Å². The Morgan fingerprint density at radius 3 is 2.70 bits per heavy atom. The second-order valence-corrected chi connectivity index (χ2v) is 6.46. The maximum absolute atomic E-state index is 12.6. The third-order valence-electron chi connectivity index (χ3n) is 4.61. The van der Waals surface area contributed by atoms with Crippen molar-refractivity contribution in [2.45, 2.75) is 12.6 Å². The SMILES string of the molecule is COc1cccc(C(=O)NCC2CN(Cc3ccccc3)CCO2)c1OC. The van der Waals surface area contributed by atoms with E-state index in [1.54, 1.807) is 25.3 Å². The molecule has 1 heterocycles. The Morgan fingerprint density at radius 1 is 1.15 bits per heavy atom. The van der Waals surface area contributed by atoms with Crippen LogP contribution in [0.5, 0.6) is 11.5 Å². The zero-order valence-corrected chi connectivity index (χ0v) is 15.8. The lowest BCUT2D eigenvalue weighted by molar-refractivity contribution is -0.0292. The lowest BCUT2D eigenvalue weighted by Gasteiger charge is -2.33. The van der Waals surface area contributed by atoms with Crippen LogP contribution in [0.1, 0.15) is 15.9 Å². The average Bonchev–Trinajstić information content (AvgIpc) is 2.72. The van der Waals surface area contributed by atoms with E-state index in [2.05, 4.69) is 34.5 Å². The number of carbonyl (C=O) groups is 1. The summed E-state index contributed by atoms with van der Waals surface area (Å²) in [5.74, 6) is 0.774. The van der Waals surface area contributed by atoms with Crippen LogP contribution in [0.3, 0.4) is 0 Å². The molecule has 6 heteroatoms. The molecule has 1 fully saturated rings. The van der Waals surface area contributed by atoms with E-state index >= 15 is 0 Å². The van der Waals surface area contributed by atoms with Gasteiger partial charge in [0.05, 0.1) is 32.5 Å². The summed E-state index contributed by atoms with van der Waals surface area (Å²) in [5.41, 5.74) is 1.73. The highest BCUT2D eigenvalue weighted by Gasteiger charge is 2.22. The van der Waals surface area contributed by atoms with Crippen molar-refractivity contribution in [1.29, 1.82) is 0 Å². The Labute approximate surface area is 160 Å². The minimum Gasteiger partial charge on any atom is -0.493 e. The van der Waals surface area contributed by atoms with Crippen LogP contribution in [0, 0.1) is 0 Å². The highest BCUT2D eigenvalue weighted by atomic mass is 16.5. The fourth-order valence-corrected chi connectivity index (χ4v) is 3.26. The van der Waals surface area contributed by atoms with Crippen LogP contribution in [0.2, 0.25) is 0 Å². The number of nitrogens with one attached hydrogen (secondary N) is 1. The fraction of sp³-hybridized carbons (Fsp3) is 0.381. The van der Waals surface area contributed by atoms with Gasteiger partial charge in [-0.1, -0.05) is 36.4 Å². The normalized spacial score (nSPS) is 17.3. The predicted octanol–water partition coefficient (Wildman–Crippen LogP) is 2.33. The number of hydrogen-bond donors (Lipinski definition) is 1. The van der Waals surface area contributed by atoms with Gasteiger partial charge in [-0.15, -0.1) is 0 Å². The molecule has 1 N–H and O–H groups in total. The van der Waals surface area contributed by atoms with E-state index in [0.29, 0.717) is 30.2 Å². The van der Waals surface area contributed by atoms with E-state index in [1.807, 2.05) is 6.07 Å². The number of nitrogens with zero attached hydrogens (tertiary/aromatic N) is 1. The van der Waals surface area contributed by atoms with Crippen LogP contribution >= 0.6 is 0 Å². The van der Waals surface area contributed by atoms with Crippen molar-refractivity contribution in [2.24, 2.45) is 0 Å². The minimum atomic E-state index is -0.200. The molecule has 0 saturated carbocycles. The Balaban J connectivity index is 1.56. The molecule has 6 nitrogen and oxygen atoms in total. The molecule has 27 heavy (non-hydrogen) atoms. The maximum atomic E-state index is 12.6. The van der Waals surface area contributed by atoms with Crippen molar-refractivity contribution in [3.8, 4) is 11.5 Å². The summed E-state index contributed by atoms with van der Waals surface area (Å²) in [4.78, 5) is 14.9. The molecule has 0 radical (unpaired) electrons. The van der Waals surface area contributed by atoms with Gasteiger partial charge >= 0.3 is 0 Å². The van der Waals surface area contributed by atoms with Gasteiger partial charge in [-0.05, 0) is 17.7 Å². The van der Waals surface area contributed by atoms with Gasteiger partial charge in [0.15, 0.2) is 11.5 Å². The number of rotatable bonds is 7. The summed E-state index contributed by atoms with van der Waals surface area (Å²) in [7, 11) is 3.08. The number of morpholine rings is 1. The minimum absolute atomic E-state index is 0.0389. The van der Waals surface area contributed by atoms with Crippen LogP contribution in [0.4, 0.5) is 0 Å². The molecule has 0 aromatic heterocycles. The average molecular weight is 370 g/mol. The highest BCUT2D eigenvalue weighted by Crippen LogP contribution is 2.30. The largest absolute Gasteiger partial charge is 0.493 e. The molecule has 1 amide bonds. The first-order chi connectivity index (χ1) is 13.2. The molecular weight excluding hydrogens is 344 g/mol. The first kappa shape index (κ1) is 19.2. The van der Waals surface area contributed by atoms with Gasteiger partial charge in [0.2, 0.25) is 0 Å². The van der Waals surface area contributed by atoms with Crippen molar-refractivity contribution >= 4 is 5.91 Å². The van der Waals surface area contributed by atoms with Gasteiger partial charge in [-0.3, -0.25) is 9.69 Å². The van der Waals surface area contributed by atoms with E-state index in [1.165, 1.54) is 12.7 Å². The van der Waals surface area contributed by atoms with E-state index in [9.17, 15) is 4.79 Å². The molecular formula is C21H26N2O4. The van der Waals surface area contributed by atoms with Crippen molar-refractivity contribution in [1.82, 2.24) is 10.2 Å². The van der Waals surface area contributed by atoms with Crippen molar-refractivity contribution in [3.63, 3.8) is 0 Å². The summed E-state index contributed by atoms with van der Waals surface area (Å²) >= 11 is 0. The van der Waals surface area contributed by atoms with Gasteiger partial charge in [0, 0.05) is 26.2 Å². The zero-order valence-electron chi connectivity index (χ0n) is 15.8. The lowest BCUT2D eigenvalue weighted by Crippen LogP contribution is -2.47. The Hall–Kier alpha value is -2.57. The first-order valence-corrected chi connectivity index (χ1v) is 9.08. The zero-order chi connectivity index (χ0) is 19.1. The molecule has 0 bridgehead atoms. The fourth-order valence-electron chi connectivity index (χ4n) is 3.26. The lowest BCUT2D eigenvalue weighted by atomic mass is 10.1. The molecule has 1 aliphatic rings. The summed E-state index contributed by atoms with van der Waals surface area (Å²) < 4.78 is 16.4. The van der Waals surface area contributed by atoms with Crippen LogP contribution in [-0.2, 0) is 11.3 Å². The summed E-state index contributed by atoms with van der Waals surface area (Å²) in [5, 5.41) is 2.95. The summed E-state index contributed by atoms with van der Waals surface area (Å²) in [6, 6.07) is 15.6. The molecule has 2 aromatic rings. The topological polar surface area (TPSA) is 60.0 Å². The molecule has 3 rings (SSSR count). The predicted molar refractivity (Wildman–Crippen MR) is 103 cm³/mol.